The van der Waals surface area contributed by atoms with Crippen LogP contribution in [0.2, 0.25) is 0 Å². The largest absolute Gasteiger partial charge is 0.481 e. The minimum Gasteiger partial charge on any atom is -0.481 e. The molecule has 1 unspecified atom stereocenters. The zero-order chi connectivity index (χ0) is 13.6. The molecule has 0 radical (unpaired) electrons. The molecule has 0 aliphatic carbocycles. The lowest BCUT2D eigenvalue weighted by molar-refractivity contribution is -0.143. The Labute approximate surface area is 107 Å². The number of hydrogen-bond acceptors (Lipinski definition) is 2. The first-order valence-electron chi connectivity index (χ1n) is 6.26. The molecule has 1 rings (SSSR count). The van der Waals surface area contributed by atoms with Crippen LogP contribution in [0, 0.1) is 5.82 Å². The minimum absolute atomic E-state index is 0.0255. The highest BCUT2D eigenvalue weighted by Gasteiger charge is 2.38. The highest BCUT2D eigenvalue weighted by Crippen LogP contribution is 2.30. The first kappa shape index (κ1) is 14.6. The first-order chi connectivity index (χ1) is 8.56. The van der Waals surface area contributed by atoms with Gasteiger partial charge in [0.05, 0.1) is 0 Å². The van der Waals surface area contributed by atoms with E-state index in [0.29, 0.717) is 12.0 Å². The number of rotatable bonds is 7. The van der Waals surface area contributed by atoms with E-state index in [1.807, 2.05) is 0 Å². The van der Waals surface area contributed by atoms with Crippen molar-refractivity contribution in [2.24, 2.45) is 5.73 Å². The summed E-state index contributed by atoms with van der Waals surface area (Å²) < 4.78 is 12.9. The second-order valence-electron chi connectivity index (χ2n) is 4.56. The number of benzene rings is 1. The molecule has 0 bridgehead atoms. The van der Waals surface area contributed by atoms with Crippen LogP contribution in [-0.4, -0.2) is 17.6 Å². The van der Waals surface area contributed by atoms with E-state index >= 15 is 0 Å². The van der Waals surface area contributed by atoms with E-state index in [-0.39, 0.29) is 12.4 Å². The van der Waals surface area contributed by atoms with Gasteiger partial charge in [0.25, 0.3) is 0 Å². The zero-order valence-electron chi connectivity index (χ0n) is 10.7. The monoisotopic (exact) mass is 253 g/mol. The van der Waals surface area contributed by atoms with Crippen molar-refractivity contribution in [3.8, 4) is 0 Å². The number of hydrogen-bond donors (Lipinski definition) is 2. The molecule has 3 nitrogen and oxygen atoms in total. The SMILES string of the molecule is CCCCCC(CN)(C(=O)O)c1ccc(F)cc1. The Hall–Kier alpha value is -1.42. The lowest BCUT2D eigenvalue weighted by Crippen LogP contribution is -2.43. The molecule has 0 aliphatic heterocycles. The van der Waals surface area contributed by atoms with E-state index in [4.69, 9.17) is 5.73 Å². The Morgan fingerprint density at radius 3 is 2.39 bits per heavy atom. The van der Waals surface area contributed by atoms with Crippen LogP contribution in [0.25, 0.3) is 0 Å². The molecular formula is C14H20FNO2. The topological polar surface area (TPSA) is 63.3 Å². The van der Waals surface area contributed by atoms with Crippen molar-refractivity contribution in [2.45, 2.75) is 38.0 Å². The summed E-state index contributed by atoms with van der Waals surface area (Å²) in [5.41, 5.74) is 5.17. The van der Waals surface area contributed by atoms with Crippen molar-refractivity contribution in [2.75, 3.05) is 6.54 Å². The molecule has 0 saturated carbocycles. The van der Waals surface area contributed by atoms with Gasteiger partial charge in [-0.05, 0) is 24.1 Å². The second kappa shape index (κ2) is 6.50. The van der Waals surface area contributed by atoms with Gasteiger partial charge in [0, 0.05) is 6.54 Å². The first-order valence-corrected chi connectivity index (χ1v) is 6.26. The molecule has 0 amide bonds. The van der Waals surface area contributed by atoms with Crippen LogP contribution in [0.3, 0.4) is 0 Å². The van der Waals surface area contributed by atoms with Gasteiger partial charge in [-0.3, -0.25) is 4.79 Å². The van der Waals surface area contributed by atoms with Crippen LogP contribution in [0.1, 0.15) is 38.2 Å². The quantitative estimate of drug-likeness (QED) is 0.734. The molecular weight excluding hydrogens is 233 g/mol. The van der Waals surface area contributed by atoms with Crippen molar-refractivity contribution in [1.29, 1.82) is 0 Å². The van der Waals surface area contributed by atoms with Crippen LogP contribution >= 0.6 is 0 Å². The Morgan fingerprint density at radius 2 is 1.94 bits per heavy atom. The van der Waals surface area contributed by atoms with Crippen molar-refractivity contribution in [3.63, 3.8) is 0 Å². The van der Waals surface area contributed by atoms with Gasteiger partial charge in [-0.2, -0.15) is 0 Å². The molecule has 0 heterocycles. The third-order valence-electron chi connectivity index (χ3n) is 3.36. The van der Waals surface area contributed by atoms with Crippen LogP contribution in [0.5, 0.6) is 0 Å². The molecule has 1 atom stereocenters. The maximum absolute atomic E-state index is 12.9. The summed E-state index contributed by atoms with van der Waals surface area (Å²) in [6, 6.07) is 5.59. The van der Waals surface area contributed by atoms with Gasteiger partial charge < -0.3 is 10.8 Å². The fourth-order valence-corrected chi connectivity index (χ4v) is 2.13. The normalized spacial score (nSPS) is 14.2. The number of unbranched alkanes of at least 4 members (excludes halogenated alkanes) is 2. The molecule has 0 saturated heterocycles. The number of nitrogens with two attached hydrogens (primary N) is 1. The van der Waals surface area contributed by atoms with Gasteiger partial charge in [0.1, 0.15) is 11.2 Å². The summed E-state index contributed by atoms with van der Waals surface area (Å²) in [7, 11) is 0. The molecule has 0 fully saturated rings. The lowest BCUT2D eigenvalue weighted by atomic mass is 9.76. The molecule has 1 aromatic rings. The predicted octanol–water partition coefficient (Wildman–Crippen LogP) is 2.69. The molecule has 3 N–H and O–H groups in total. The molecule has 0 aromatic heterocycles. The average Bonchev–Trinajstić information content (AvgIpc) is 2.36. The Bertz CT molecular complexity index is 391. The van der Waals surface area contributed by atoms with Crippen molar-refractivity contribution in [3.05, 3.63) is 35.6 Å². The maximum atomic E-state index is 12.9. The van der Waals surface area contributed by atoms with Gasteiger partial charge in [-0.25, -0.2) is 4.39 Å². The summed E-state index contributed by atoms with van der Waals surface area (Å²) in [6.45, 7) is 2.08. The van der Waals surface area contributed by atoms with Crippen LogP contribution in [0.4, 0.5) is 4.39 Å². The van der Waals surface area contributed by atoms with E-state index in [0.717, 1.165) is 19.3 Å². The number of aliphatic carboxylic acids is 1. The van der Waals surface area contributed by atoms with Crippen LogP contribution in [0.15, 0.2) is 24.3 Å². The summed E-state index contributed by atoms with van der Waals surface area (Å²) >= 11 is 0. The van der Waals surface area contributed by atoms with Crippen molar-refractivity contribution >= 4 is 5.97 Å². The van der Waals surface area contributed by atoms with Gasteiger partial charge >= 0.3 is 5.97 Å². The average molecular weight is 253 g/mol. The third kappa shape index (κ3) is 3.07. The van der Waals surface area contributed by atoms with Crippen LogP contribution < -0.4 is 5.73 Å². The Kier molecular flexibility index (Phi) is 5.28. The van der Waals surface area contributed by atoms with E-state index < -0.39 is 11.4 Å². The fourth-order valence-electron chi connectivity index (χ4n) is 2.13. The lowest BCUT2D eigenvalue weighted by Gasteiger charge is -2.28. The van der Waals surface area contributed by atoms with Crippen LogP contribution in [-0.2, 0) is 10.2 Å². The smallest absolute Gasteiger partial charge is 0.315 e. The molecule has 0 spiro atoms. The second-order valence-corrected chi connectivity index (χ2v) is 4.56. The summed E-state index contributed by atoms with van der Waals surface area (Å²) in [5, 5.41) is 9.47. The minimum atomic E-state index is -1.09. The molecule has 100 valence electrons. The predicted molar refractivity (Wildman–Crippen MR) is 68.9 cm³/mol. The van der Waals surface area contributed by atoms with Gasteiger partial charge in [0.2, 0.25) is 0 Å². The molecule has 18 heavy (non-hydrogen) atoms. The molecule has 4 heteroatoms. The molecule has 1 aromatic carbocycles. The van der Waals surface area contributed by atoms with E-state index in [1.165, 1.54) is 24.3 Å². The maximum Gasteiger partial charge on any atom is 0.315 e. The van der Waals surface area contributed by atoms with Crippen molar-refractivity contribution in [1.82, 2.24) is 0 Å². The summed E-state index contributed by atoms with van der Waals surface area (Å²) in [6.07, 6.45) is 3.27. The highest BCUT2D eigenvalue weighted by atomic mass is 19.1. The van der Waals surface area contributed by atoms with Gasteiger partial charge in [0.15, 0.2) is 0 Å². The third-order valence-corrected chi connectivity index (χ3v) is 3.36. The van der Waals surface area contributed by atoms with Gasteiger partial charge in [-0.15, -0.1) is 0 Å². The number of carboxylic acid groups (broad SMARTS) is 1. The fraction of sp³-hybridized carbons (Fsp3) is 0.500. The Morgan fingerprint density at radius 1 is 1.33 bits per heavy atom. The highest BCUT2D eigenvalue weighted by molar-refractivity contribution is 5.81. The van der Waals surface area contributed by atoms with Crippen molar-refractivity contribution < 1.29 is 14.3 Å². The number of carbonyl (C=O) groups is 1. The number of halogens is 1. The van der Waals surface area contributed by atoms with E-state index in [1.54, 1.807) is 0 Å². The van der Waals surface area contributed by atoms with E-state index in [2.05, 4.69) is 6.92 Å². The van der Waals surface area contributed by atoms with E-state index in [9.17, 15) is 14.3 Å². The standard InChI is InChI=1S/C14H20FNO2/c1-2-3-4-9-14(10-16,13(17)18)11-5-7-12(15)8-6-11/h5-8H,2-4,9-10,16H2,1H3,(H,17,18). The summed E-state index contributed by atoms with van der Waals surface area (Å²) in [4.78, 5) is 11.6. The molecule has 0 aliphatic rings. The Balaban J connectivity index is 3.02. The zero-order valence-corrected chi connectivity index (χ0v) is 10.7. The van der Waals surface area contributed by atoms with Gasteiger partial charge in [-0.1, -0.05) is 38.3 Å². The number of carboxylic acids is 1. The summed E-state index contributed by atoms with van der Waals surface area (Å²) in [5.74, 6) is -1.31.